The van der Waals surface area contributed by atoms with Gasteiger partial charge in [0.25, 0.3) is 0 Å². The Kier molecular flexibility index (Phi) is 7.47. The second kappa shape index (κ2) is 10.7. The molecule has 2 heterocycles. The predicted octanol–water partition coefficient (Wildman–Crippen LogP) is 4.14. The maximum atomic E-state index is 11.9. The lowest BCUT2D eigenvalue weighted by atomic mass is 10.0. The van der Waals surface area contributed by atoms with Gasteiger partial charge in [-0.1, -0.05) is 30.3 Å². The van der Waals surface area contributed by atoms with Gasteiger partial charge in [0.1, 0.15) is 24.7 Å². The van der Waals surface area contributed by atoms with E-state index in [0.717, 1.165) is 44.0 Å². The van der Waals surface area contributed by atoms with E-state index in [1.807, 2.05) is 23.1 Å². The van der Waals surface area contributed by atoms with E-state index >= 15 is 0 Å². The van der Waals surface area contributed by atoms with Crippen molar-refractivity contribution in [2.75, 3.05) is 39.4 Å². The molecule has 2 aromatic carbocycles. The highest BCUT2D eigenvalue weighted by molar-refractivity contribution is 5.78. The molecule has 0 aliphatic carbocycles. The van der Waals surface area contributed by atoms with Crippen LogP contribution in [0.5, 0.6) is 11.5 Å². The molecule has 5 heteroatoms. The van der Waals surface area contributed by atoms with Crippen LogP contribution >= 0.6 is 0 Å². The third-order valence-corrected chi connectivity index (χ3v) is 6.29. The number of benzene rings is 2. The Bertz CT molecular complexity index is 846. The van der Waals surface area contributed by atoms with Crippen molar-refractivity contribution in [1.82, 2.24) is 9.80 Å². The minimum Gasteiger partial charge on any atom is -0.492 e. The van der Waals surface area contributed by atoms with Gasteiger partial charge in [0.05, 0.1) is 6.04 Å². The molecule has 166 valence electrons. The van der Waals surface area contributed by atoms with Crippen molar-refractivity contribution in [3.8, 4) is 11.5 Å². The molecule has 5 nitrogen and oxygen atoms in total. The summed E-state index contributed by atoms with van der Waals surface area (Å²) in [7, 11) is 0. The number of rotatable bonds is 10. The van der Waals surface area contributed by atoms with Crippen LogP contribution in [0, 0.1) is 0 Å². The van der Waals surface area contributed by atoms with Crippen LogP contribution in [0.4, 0.5) is 0 Å². The standard InChI is InChI=1S/C26H34N2O3/c1-21(28-16-6-9-26(28)29)20-31-24-12-10-22(11-13-24)19-23-7-2-3-8-25(23)30-18-17-27-14-4-5-15-27/h2-3,7-8,10-13,21H,4-6,9,14-20H2,1H3. The van der Waals surface area contributed by atoms with Gasteiger partial charge in [0.2, 0.25) is 5.91 Å². The number of ether oxygens (including phenoxy) is 2. The summed E-state index contributed by atoms with van der Waals surface area (Å²) in [5, 5.41) is 0. The van der Waals surface area contributed by atoms with E-state index in [0.29, 0.717) is 13.0 Å². The molecule has 0 radical (unpaired) electrons. The van der Waals surface area contributed by atoms with E-state index in [2.05, 4.69) is 42.2 Å². The zero-order chi connectivity index (χ0) is 21.5. The first-order valence-electron chi connectivity index (χ1n) is 11.6. The predicted molar refractivity (Wildman–Crippen MR) is 123 cm³/mol. The number of nitrogens with zero attached hydrogens (tertiary/aromatic N) is 2. The van der Waals surface area contributed by atoms with Crippen LogP contribution in [-0.2, 0) is 11.2 Å². The molecule has 31 heavy (non-hydrogen) atoms. The van der Waals surface area contributed by atoms with Gasteiger partial charge in [-0.05, 0) is 68.6 Å². The first-order chi connectivity index (χ1) is 15.2. The van der Waals surface area contributed by atoms with Crippen molar-refractivity contribution in [1.29, 1.82) is 0 Å². The molecule has 2 aromatic rings. The highest BCUT2D eigenvalue weighted by Gasteiger charge is 2.25. The van der Waals surface area contributed by atoms with Crippen LogP contribution in [-0.4, -0.2) is 61.1 Å². The minimum atomic E-state index is 0.110. The minimum absolute atomic E-state index is 0.110. The Labute approximate surface area is 185 Å². The van der Waals surface area contributed by atoms with Gasteiger partial charge in [-0.3, -0.25) is 9.69 Å². The molecule has 2 fully saturated rings. The monoisotopic (exact) mass is 422 g/mol. The number of hydrogen-bond donors (Lipinski definition) is 0. The number of para-hydroxylation sites is 1. The first-order valence-corrected chi connectivity index (χ1v) is 11.6. The zero-order valence-electron chi connectivity index (χ0n) is 18.6. The Morgan fingerprint density at radius 3 is 2.45 bits per heavy atom. The largest absolute Gasteiger partial charge is 0.492 e. The molecular weight excluding hydrogens is 388 g/mol. The summed E-state index contributed by atoms with van der Waals surface area (Å²) < 4.78 is 12.1. The molecule has 0 saturated carbocycles. The molecule has 1 unspecified atom stereocenters. The summed E-state index contributed by atoms with van der Waals surface area (Å²) in [5.41, 5.74) is 2.43. The Morgan fingerprint density at radius 2 is 1.71 bits per heavy atom. The summed E-state index contributed by atoms with van der Waals surface area (Å²) in [5.74, 6) is 2.07. The summed E-state index contributed by atoms with van der Waals surface area (Å²) in [6, 6.07) is 16.7. The number of likely N-dealkylation sites (tertiary alicyclic amines) is 2. The van der Waals surface area contributed by atoms with E-state index in [-0.39, 0.29) is 11.9 Å². The van der Waals surface area contributed by atoms with Crippen molar-refractivity contribution in [3.05, 3.63) is 59.7 Å². The molecule has 1 atom stereocenters. The lowest BCUT2D eigenvalue weighted by Gasteiger charge is -2.24. The SMILES string of the molecule is CC(COc1ccc(Cc2ccccc2OCCN2CCCC2)cc1)N1CCCC1=O. The molecular formula is C26H34N2O3. The zero-order valence-corrected chi connectivity index (χ0v) is 18.6. The molecule has 2 saturated heterocycles. The van der Waals surface area contributed by atoms with Gasteiger partial charge >= 0.3 is 0 Å². The molecule has 2 aliphatic rings. The van der Waals surface area contributed by atoms with Crippen molar-refractivity contribution < 1.29 is 14.3 Å². The molecule has 4 rings (SSSR count). The van der Waals surface area contributed by atoms with E-state index in [1.165, 1.54) is 37.1 Å². The van der Waals surface area contributed by atoms with Gasteiger partial charge in [0, 0.05) is 25.9 Å². The van der Waals surface area contributed by atoms with Crippen LogP contribution < -0.4 is 9.47 Å². The number of carbonyl (C=O) groups excluding carboxylic acids is 1. The molecule has 2 aliphatic heterocycles. The highest BCUT2D eigenvalue weighted by Crippen LogP contribution is 2.23. The second-order valence-electron chi connectivity index (χ2n) is 8.68. The van der Waals surface area contributed by atoms with E-state index in [4.69, 9.17) is 9.47 Å². The normalized spacial score (nSPS) is 17.8. The average Bonchev–Trinajstić information content (AvgIpc) is 3.46. The molecule has 0 bridgehead atoms. The van der Waals surface area contributed by atoms with E-state index in [1.54, 1.807) is 0 Å². The van der Waals surface area contributed by atoms with E-state index in [9.17, 15) is 4.79 Å². The smallest absolute Gasteiger partial charge is 0.222 e. The van der Waals surface area contributed by atoms with Crippen molar-refractivity contribution in [2.24, 2.45) is 0 Å². The van der Waals surface area contributed by atoms with Gasteiger partial charge in [-0.25, -0.2) is 0 Å². The summed E-state index contributed by atoms with van der Waals surface area (Å²) in [6.07, 6.45) is 5.08. The van der Waals surface area contributed by atoms with Gasteiger partial charge in [-0.15, -0.1) is 0 Å². The average molecular weight is 423 g/mol. The van der Waals surface area contributed by atoms with Crippen molar-refractivity contribution >= 4 is 5.91 Å². The molecule has 0 N–H and O–H groups in total. The Hall–Kier alpha value is -2.53. The lowest BCUT2D eigenvalue weighted by molar-refractivity contribution is -0.129. The Morgan fingerprint density at radius 1 is 0.935 bits per heavy atom. The number of hydrogen-bond acceptors (Lipinski definition) is 4. The Balaban J connectivity index is 1.28. The van der Waals surface area contributed by atoms with Crippen molar-refractivity contribution in [2.45, 2.75) is 45.1 Å². The summed E-state index contributed by atoms with van der Waals surface area (Å²) >= 11 is 0. The fraction of sp³-hybridized carbons (Fsp3) is 0.500. The maximum Gasteiger partial charge on any atom is 0.222 e. The fourth-order valence-corrected chi connectivity index (χ4v) is 4.45. The molecule has 1 amide bonds. The molecule has 0 spiro atoms. The lowest BCUT2D eigenvalue weighted by Crippen LogP contribution is -2.38. The molecule has 0 aromatic heterocycles. The van der Waals surface area contributed by atoms with Crippen LogP contribution in [0.15, 0.2) is 48.5 Å². The van der Waals surface area contributed by atoms with Crippen LogP contribution in [0.2, 0.25) is 0 Å². The summed E-state index contributed by atoms with van der Waals surface area (Å²) in [6.45, 7) is 7.57. The quantitative estimate of drug-likeness (QED) is 0.577. The summed E-state index contributed by atoms with van der Waals surface area (Å²) in [4.78, 5) is 16.3. The fourth-order valence-electron chi connectivity index (χ4n) is 4.45. The van der Waals surface area contributed by atoms with Gasteiger partial charge < -0.3 is 14.4 Å². The van der Waals surface area contributed by atoms with Gasteiger partial charge in [0.15, 0.2) is 0 Å². The van der Waals surface area contributed by atoms with E-state index < -0.39 is 0 Å². The van der Waals surface area contributed by atoms with Gasteiger partial charge in [-0.2, -0.15) is 0 Å². The van der Waals surface area contributed by atoms with Crippen LogP contribution in [0.3, 0.4) is 0 Å². The number of carbonyl (C=O) groups is 1. The van der Waals surface area contributed by atoms with Crippen molar-refractivity contribution in [3.63, 3.8) is 0 Å². The second-order valence-corrected chi connectivity index (χ2v) is 8.68. The highest BCUT2D eigenvalue weighted by atomic mass is 16.5. The number of amides is 1. The van der Waals surface area contributed by atoms with Crippen LogP contribution in [0.25, 0.3) is 0 Å². The maximum absolute atomic E-state index is 11.9. The topological polar surface area (TPSA) is 42.0 Å². The third kappa shape index (κ3) is 6.01. The third-order valence-electron chi connectivity index (χ3n) is 6.29. The van der Waals surface area contributed by atoms with Crippen LogP contribution in [0.1, 0.15) is 43.7 Å². The first kappa shape index (κ1) is 21.7.